The van der Waals surface area contributed by atoms with E-state index in [0.29, 0.717) is 18.5 Å². The number of hydrogen-bond acceptors (Lipinski definition) is 10. The Morgan fingerprint density at radius 1 is 1.16 bits per heavy atom. The minimum Gasteiger partial charge on any atom is -0.475 e. The topological polar surface area (TPSA) is 131 Å². The molecule has 11 nitrogen and oxygen atoms in total. The molecular weight excluding hydrogens is 656 g/mol. The molecule has 7 heterocycles. The van der Waals surface area contributed by atoms with Gasteiger partial charge in [0.25, 0.3) is 0 Å². The van der Waals surface area contributed by atoms with Gasteiger partial charge in [0, 0.05) is 36.0 Å². The standard InChI is InChI=1S/C32H29F6N9O2/c1-14-7-20-19(11-41-45-20)21(23(14)32(36,37)38)25-24(35)26-22-28(44-30(43-26)49-13-31-3-4-46(31)12-17(34)9-31)47(5-6-48-29(22)42-25)15(2)18-8-16(33)10-40-27(18)39/h7-8,10-11,15,17H,3-6,9,12-13H2,1-2H3,(H2,39,40)(H,41,45). The second-order valence-corrected chi connectivity index (χ2v) is 12.8. The third-order valence-corrected chi connectivity index (χ3v) is 9.86. The number of rotatable bonds is 6. The van der Waals surface area contributed by atoms with Crippen LogP contribution in [0.2, 0.25) is 0 Å². The minimum absolute atomic E-state index is 0.00332. The van der Waals surface area contributed by atoms with Crippen molar-refractivity contribution in [3.63, 3.8) is 0 Å². The lowest BCUT2D eigenvalue weighted by molar-refractivity contribution is -0.137. The van der Waals surface area contributed by atoms with Crippen molar-refractivity contribution in [3.05, 3.63) is 52.9 Å². The highest BCUT2D eigenvalue weighted by Gasteiger charge is 2.53. The van der Waals surface area contributed by atoms with E-state index < -0.39 is 57.9 Å². The number of pyridine rings is 2. The SMILES string of the molecule is Cc1cc2[nH]ncc2c(-c2nc3c4c(nc(OCC56CCN5CC(F)C6)nc4c2F)N(C(C)c2cc(F)cnc2N)CCO3)c1C(F)(F)F. The van der Waals surface area contributed by atoms with Crippen LogP contribution in [0.3, 0.4) is 0 Å². The Hall–Kier alpha value is -4.93. The molecule has 0 spiro atoms. The summed E-state index contributed by atoms with van der Waals surface area (Å²) in [7, 11) is 0. The first kappa shape index (κ1) is 31.3. The first-order valence-corrected chi connectivity index (χ1v) is 15.6. The molecule has 256 valence electrons. The Labute approximate surface area is 274 Å². The molecule has 8 rings (SSSR count). The predicted octanol–water partition coefficient (Wildman–Crippen LogP) is 5.68. The van der Waals surface area contributed by atoms with Crippen LogP contribution in [0.4, 0.5) is 38.0 Å². The zero-order chi connectivity index (χ0) is 34.4. The molecule has 1 aromatic carbocycles. The number of nitrogen functional groups attached to an aromatic ring is 1. The largest absolute Gasteiger partial charge is 0.475 e. The molecular formula is C32H29F6N9O2. The summed E-state index contributed by atoms with van der Waals surface area (Å²) in [5.74, 6) is -1.89. The molecule has 2 saturated heterocycles. The summed E-state index contributed by atoms with van der Waals surface area (Å²) in [6.07, 6.45) is -2.84. The van der Waals surface area contributed by atoms with Gasteiger partial charge in [0.1, 0.15) is 53.4 Å². The minimum atomic E-state index is -4.89. The summed E-state index contributed by atoms with van der Waals surface area (Å²) in [5, 5.41) is 6.51. The van der Waals surface area contributed by atoms with Crippen LogP contribution in [0, 0.1) is 18.6 Å². The summed E-state index contributed by atoms with van der Waals surface area (Å²) < 4.78 is 102. The zero-order valence-electron chi connectivity index (χ0n) is 26.2. The summed E-state index contributed by atoms with van der Waals surface area (Å²) in [6.45, 7) is 3.99. The van der Waals surface area contributed by atoms with Gasteiger partial charge in [-0.05, 0) is 38.0 Å². The Bertz CT molecular complexity index is 2140. The number of aryl methyl sites for hydroxylation is 1. The molecule has 2 fully saturated rings. The van der Waals surface area contributed by atoms with Gasteiger partial charge in [-0.3, -0.25) is 10.00 Å². The van der Waals surface area contributed by atoms with E-state index in [1.807, 2.05) is 4.90 Å². The molecule has 3 aliphatic heterocycles. The van der Waals surface area contributed by atoms with Crippen molar-refractivity contribution in [3.8, 4) is 23.1 Å². The molecule has 0 saturated carbocycles. The highest BCUT2D eigenvalue weighted by atomic mass is 19.4. The smallest absolute Gasteiger partial charge is 0.417 e. The average Bonchev–Trinajstić information content (AvgIpc) is 3.53. The molecule has 3 N–H and O–H groups in total. The second kappa shape index (κ2) is 11.0. The summed E-state index contributed by atoms with van der Waals surface area (Å²) in [6, 6.07) is 1.52. The van der Waals surface area contributed by atoms with Crippen LogP contribution in [0.25, 0.3) is 33.1 Å². The van der Waals surface area contributed by atoms with E-state index in [1.165, 1.54) is 25.3 Å². The van der Waals surface area contributed by atoms with Crippen molar-refractivity contribution in [1.29, 1.82) is 0 Å². The van der Waals surface area contributed by atoms with E-state index in [-0.39, 0.29) is 78.1 Å². The number of nitrogens with two attached hydrogens (primary N) is 1. The maximum absolute atomic E-state index is 17.0. The molecule has 0 amide bonds. The van der Waals surface area contributed by atoms with Gasteiger partial charge in [-0.25, -0.2) is 23.1 Å². The quantitative estimate of drug-likeness (QED) is 0.216. The van der Waals surface area contributed by atoms with Crippen LogP contribution in [-0.2, 0) is 6.18 Å². The van der Waals surface area contributed by atoms with E-state index in [2.05, 4.69) is 30.1 Å². The van der Waals surface area contributed by atoms with Crippen molar-refractivity contribution >= 4 is 33.4 Å². The third kappa shape index (κ3) is 4.96. The number of benzene rings is 1. The van der Waals surface area contributed by atoms with Crippen LogP contribution in [-0.4, -0.2) is 79.6 Å². The molecule has 49 heavy (non-hydrogen) atoms. The molecule has 3 atom stereocenters. The fourth-order valence-corrected chi connectivity index (χ4v) is 7.41. The number of alkyl halides is 4. The highest BCUT2D eigenvalue weighted by Crippen LogP contribution is 2.48. The van der Waals surface area contributed by atoms with Gasteiger partial charge < -0.3 is 20.1 Å². The number of aromatic nitrogens is 6. The molecule has 3 aliphatic rings. The lowest BCUT2D eigenvalue weighted by atomic mass is 9.86. The second-order valence-electron chi connectivity index (χ2n) is 12.8. The van der Waals surface area contributed by atoms with Gasteiger partial charge in [0.05, 0.1) is 41.6 Å². The van der Waals surface area contributed by atoms with Gasteiger partial charge in [-0.2, -0.15) is 28.2 Å². The first-order valence-electron chi connectivity index (χ1n) is 15.6. The van der Waals surface area contributed by atoms with E-state index in [1.54, 1.807) is 11.8 Å². The maximum Gasteiger partial charge on any atom is 0.417 e. The van der Waals surface area contributed by atoms with E-state index in [4.69, 9.17) is 15.2 Å². The number of anilines is 2. The summed E-state index contributed by atoms with van der Waals surface area (Å²) in [5.41, 5.74) is 3.25. The number of H-pyrrole nitrogens is 1. The molecule has 3 unspecified atom stereocenters. The third-order valence-electron chi connectivity index (χ3n) is 9.86. The average molecular weight is 686 g/mol. The van der Waals surface area contributed by atoms with Crippen molar-refractivity contribution in [2.75, 3.05) is 43.5 Å². The van der Waals surface area contributed by atoms with Crippen LogP contribution in [0.15, 0.2) is 24.5 Å². The molecule has 17 heteroatoms. The van der Waals surface area contributed by atoms with E-state index in [0.717, 1.165) is 6.20 Å². The lowest BCUT2D eigenvalue weighted by Crippen LogP contribution is -2.59. The van der Waals surface area contributed by atoms with Crippen molar-refractivity contribution in [2.24, 2.45) is 0 Å². The molecule has 5 aromatic rings. The van der Waals surface area contributed by atoms with E-state index >= 15 is 4.39 Å². The number of hydrogen-bond donors (Lipinski definition) is 2. The Kier molecular flexibility index (Phi) is 7.07. The number of ether oxygens (including phenoxy) is 2. The Balaban J connectivity index is 1.35. The van der Waals surface area contributed by atoms with Crippen molar-refractivity contribution < 1.29 is 35.8 Å². The summed E-state index contributed by atoms with van der Waals surface area (Å²) in [4.78, 5) is 20.9. The number of halogens is 6. The Morgan fingerprint density at radius 3 is 2.71 bits per heavy atom. The van der Waals surface area contributed by atoms with Gasteiger partial charge in [0.15, 0.2) is 5.82 Å². The van der Waals surface area contributed by atoms with Gasteiger partial charge >= 0.3 is 12.2 Å². The van der Waals surface area contributed by atoms with Crippen molar-refractivity contribution in [1.82, 2.24) is 35.0 Å². The highest BCUT2D eigenvalue weighted by molar-refractivity contribution is 6.02. The van der Waals surface area contributed by atoms with Crippen LogP contribution < -0.4 is 20.1 Å². The number of fused-ring (bicyclic) bond motifs is 2. The molecule has 0 bridgehead atoms. The van der Waals surface area contributed by atoms with Crippen LogP contribution >= 0.6 is 0 Å². The fraction of sp³-hybridized carbons (Fsp3) is 0.406. The first-order chi connectivity index (χ1) is 23.3. The van der Waals surface area contributed by atoms with Gasteiger partial charge in [-0.1, -0.05) is 0 Å². The van der Waals surface area contributed by atoms with Gasteiger partial charge in [-0.15, -0.1) is 0 Å². The van der Waals surface area contributed by atoms with E-state index in [9.17, 15) is 22.0 Å². The van der Waals surface area contributed by atoms with Crippen LogP contribution in [0.1, 0.15) is 42.5 Å². The van der Waals surface area contributed by atoms with Gasteiger partial charge in [0.2, 0.25) is 5.88 Å². The number of nitrogens with one attached hydrogen (secondary N) is 1. The predicted molar refractivity (Wildman–Crippen MR) is 166 cm³/mol. The zero-order valence-corrected chi connectivity index (χ0v) is 26.2. The van der Waals surface area contributed by atoms with Crippen molar-refractivity contribution in [2.45, 2.75) is 50.6 Å². The fourth-order valence-electron chi connectivity index (χ4n) is 7.41. The monoisotopic (exact) mass is 685 g/mol. The summed E-state index contributed by atoms with van der Waals surface area (Å²) >= 11 is 0. The number of aromatic amines is 1. The Morgan fingerprint density at radius 2 is 1.98 bits per heavy atom. The lowest BCUT2D eigenvalue weighted by Gasteiger charge is -2.47. The maximum atomic E-state index is 17.0. The number of nitrogens with zero attached hydrogens (tertiary/aromatic N) is 7. The van der Waals surface area contributed by atoms with Crippen LogP contribution in [0.5, 0.6) is 11.9 Å². The molecule has 0 aliphatic carbocycles. The molecule has 0 radical (unpaired) electrons. The normalized spacial score (nSPS) is 21.4. The molecule has 4 aromatic heterocycles.